The van der Waals surface area contributed by atoms with E-state index in [4.69, 9.17) is 4.52 Å². The zero-order valence-electron chi connectivity index (χ0n) is 19.5. The van der Waals surface area contributed by atoms with Gasteiger partial charge in [0.15, 0.2) is 0 Å². The number of halogens is 1. The lowest BCUT2D eigenvalue weighted by atomic mass is 10.1. The molecular weight excluding hydrogens is 423 g/mol. The maximum absolute atomic E-state index is 14.7. The molecule has 0 unspecified atom stereocenters. The summed E-state index contributed by atoms with van der Waals surface area (Å²) >= 11 is 0. The molecule has 0 radical (unpaired) electrons. The van der Waals surface area contributed by atoms with Crippen molar-refractivity contribution in [3.8, 4) is 5.95 Å². The minimum absolute atomic E-state index is 0.144. The molecular formula is C24H31FN6O2. The van der Waals surface area contributed by atoms with E-state index in [0.717, 1.165) is 56.5 Å². The van der Waals surface area contributed by atoms with Gasteiger partial charge >= 0.3 is 0 Å². The van der Waals surface area contributed by atoms with Gasteiger partial charge in [-0.25, -0.2) is 4.39 Å². The molecule has 8 nitrogen and oxygen atoms in total. The molecule has 5 rings (SSSR count). The molecule has 0 aliphatic carbocycles. The van der Waals surface area contributed by atoms with Crippen molar-refractivity contribution < 1.29 is 13.7 Å². The lowest BCUT2D eigenvalue weighted by Crippen LogP contribution is -2.41. The van der Waals surface area contributed by atoms with Crippen LogP contribution in [0.2, 0.25) is 0 Å². The fraction of sp³-hybridized carbons (Fsp3) is 0.583. The van der Waals surface area contributed by atoms with Crippen LogP contribution in [0.25, 0.3) is 16.9 Å². The highest BCUT2D eigenvalue weighted by molar-refractivity contribution is 5.84. The molecule has 0 spiro atoms. The van der Waals surface area contributed by atoms with E-state index < -0.39 is 0 Å². The number of benzene rings is 1. The van der Waals surface area contributed by atoms with Crippen LogP contribution in [0, 0.1) is 11.7 Å². The molecule has 1 aromatic carbocycles. The second-order valence-electron chi connectivity index (χ2n) is 9.70. The highest BCUT2D eigenvalue weighted by Gasteiger charge is 2.32. The van der Waals surface area contributed by atoms with E-state index in [1.165, 1.54) is 10.7 Å². The van der Waals surface area contributed by atoms with E-state index >= 15 is 0 Å². The van der Waals surface area contributed by atoms with Crippen LogP contribution in [0.3, 0.4) is 0 Å². The number of hydrogen-bond donors (Lipinski definition) is 0. The fourth-order valence-electron chi connectivity index (χ4n) is 5.37. The molecule has 2 fully saturated rings. The van der Waals surface area contributed by atoms with Crippen molar-refractivity contribution in [1.82, 2.24) is 29.7 Å². The lowest BCUT2D eigenvalue weighted by molar-refractivity contribution is -0.129. The smallest absolute Gasteiger partial charge is 0.291 e. The van der Waals surface area contributed by atoms with Gasteiger partial charge in [0.05, 0.1) is 5.69 Å². The third kappa shape index (κ3) is 4.26. The van der Waals surface area contributed by atoms with Gasteiger partial charge in [0.2, 0.25) is 11.8 Å². The molecule has 33 heavy (non-hydrogen) atoms. The van der Waals surface area contributed by atoms with Crippen LogP contribution in [0.1, 0.15) is 57.5 Å². The summed E-state index contributed by atoms with van der Waals surface area (Å²) in [5.74, 6) is 1.21. The van der Waals surface area contributed by atoms with Gasteiger partial charge in [-0.3, -0.25) is 4.79 Å². The van der Waals surface area contributed by atoms with E-state index in [1.807, 2.05) is 24.8 Å². The molecule has 1 amide bonds. The molecule has 2 aromatic heterocycles. The summed E-state index contributed by atoms with van der Waals surface area (Å²) < 4.78 is 21.7. The van der Waals surface area contributed by atoms with E-state index in [0.29, 0.717) is 29.8 Å². The summed E-state index contributed by atoms with van der Waals surface area (Å²) in [5.41, 5.74) is 1.20. The normalized spacial score (nSPS) is 21.7. The number of para-hydroxylation sites is 1. The van der Waals surface area contributed by atoms with Crippen molar-refractivity contribution >= 4 is 16.8 Å². The predicted molar refractivity (Wildman–Crippen MR) is 122 cm³/mol. The zero-order valence-corrected chi connectivity index (χ0v) is 19.5. The van der Waals surface area contributed by atoms with Crippen LogP contribution in [0.4, 0.5) is 4.39 Å². The number of carbonyl (C=O) groups excluding carboxylic acids is 1. The predicted octanol–water partition coefficient (Wildman–Crippen LogP) is 3.55. The largest absolute Gasteiger partial charge is 0.339 e. The number of likely N-dealkylation sites (tertiary alicyclic amines) is 2. The molecule has 9 heteroatoms. The Labute approximate surface area is 192 Å². The Morgan fingerprint density at radius 2 is 2.12 bits per heavy atom. The average molecular weight is 455 g/mol. The third-order valence-electron chi connectivity index (χ3n) is 6.96. The Bertz CT molecular complexity index is 1160. The number of amides is 1. The molecule has 2 aliphatic rings. The van der Waals surface area contributed by atoms with Gasteiger partial charge in [-0.2, -0.15) is 14.8 Å². The van der Waals surface area contributed by atoms with Crippen molar-refractivity contribution in [3.63, 3.8) is 0 Å². The first-order chi connectivity index (χ1) is 15.9. The van der Waals surface area contributed by atoms with Gasteiger partial charge < -0.3 is 14.3 Å². The Balaban J connectivity index is 1.27. The number of nitrogens with zero attached hydrogens (tertiary/aromatic N) is 6. The van der Waals surface area contributed by atoms with Crippen molar-refractivity contribution in [3.05, 3.63) is 35.6 Å². The van der Waals surface area contributed by atoms with Gasteiger partial charge in [0.1, 0.15) is 11.3 Å². The van der Waals surface area contributed by atoms with Crippen LogP contribution in [0.15, 0.2) is 22.7 Å². The van der Waals surface area contributed by atoms with Crippen molar-refractivity contribution in [2.45, 2.75) is 58.4 Å². The van der Waals surface area contributed by atoms with Gasteiger partial charge in [-0.05, 0) is 48.9 Å². The molecule has 176 valence electrons. The summed E-state index contributed by atoms with van der Waals surface area (Å²) in [7, 11) is 0. The van der Waals surface area contributed by atoms with Gasteiger partial charge in [0, 0.05) is 44.4 Å². The molecule has 2 atom stereocenters. The second-order valence-corrected chi connectivity index (χ2v) is 9.70. The van der Waals surface area contributed by atoms with Crippen LogP contribution in [0.5, 0.6) is 0 Å². The van der Waals surface area contributed by atoms with Crippen LogP contribution < -0.4 is 0 Å². The number of rotatable bonds is 6. The monoisotopic (exact) mass is 454 g/mol. The summed E-state index contributed by atoms with van der Waals surface area (Å²) in [4.78, 5) is 20.9. The molecule has 0 N–H and O–H groups in total. The maximum atomic E-state index is 14.7. The second kappa shape index (κ2) is 8.85. The van der Waals surface area contributed by atoms with Gasteiger partial charge in [0.25, 0.3) is 5.95 Å². The van der Waals surface area contributed by atoms with E-state index in [1.54, 1.807) is 13.0 Å². The Morgan fingerprint density at radius 3 is 2.91 bits per heavy atom. The van der Waals surface area contributed by atoms with Crippen molar-refractivity contribution in [2.24, 2.45) is 5.92 Å². The van der Waals surface area contributed by atoms with Crippen molar-refractivity contribution in [1.29, 1.82) is 0 Å². The first-order valence-electron chi connectivity index (χ1n) is 11.9. The van der Waals surface area contributed by atoms with E-state index in [-0.39, 0.29) is 23.6 Å². The molecule has 2 aliphatic heterocycles. The standard InChI is InChI=1S/C24H31FN6O2/c1-15(2)22-19-7-4-8-20(25)23(19)31(27-22)24-26-21(33-28-24)12-17-9-11-29(13-17)14-18-6-5-10-30(18)16(3)32/h4,7-8,15,17-18H,5-6,9-14H2,1-3H3/t17-,18+/m1/s1. The van der Waals surface area contributed by atoms with Crippen LogP contribution in [-0.2, 0) is 11.2 Å². The van der Waals surface area contributed by atoms with Gasteiger partial charge in [-0.1, -0.05) is 26.0 Å². The molecule has 3 aromatic rings. The number of hydrogen-bond acceptors (Lipinski definition) is 6. The third-order valence-corrected chi connectivity index (χ3v) is 6.96. The summed E-state index contributed by atoms with van der Waals surface area (Å²) in [6.07, 6.45) is 3.92. The number of aromatic nitrogens is 4. The Morgan fingerprint density at radius 1 is 1.27 bits per heavy atom. The molecule has 2 saturated heterocycles. The zero-order chi connectivity index (χ0) is 23.1. The lowest BCUT2D eigenvalue weighted by Gasteiger charge is -2.27. The topological polar surface area (TPSA) is 80.3 Å². The molecule has 0 saturated carbocycles. The minimum atomic E-state index is -0.351. The summed E-state index contributed by atoms with van der Waals surface area (Å²) in [6, 6.07) is 5.33. The summed E-state index contributed by atoms with van der Waals surface area (Å²) in [5, 5.41) is 9.49. The van der Waals surface area contributed by atoms with E-state index in [9.17, 15) is 9.18 Å². The highest BCUT2D eigenvalue weighted by atomic mass is 19.1. The Hall–Kier alpha value is -2.81. The van der Waals surface area contributed by atoms with Gasteiger partial charge in [-0.15, -0.1) is 0 Å². The first-order valence-corrected chi connectivity index (χ1v) is 11.9. The number of fused-ring (bicyclic) bond motifs is 1. The molecule has 0 bridgehead atoms. The first kappa shape index (κ1) is 22.0. The highest BCUT2D eigenvalue weighted by Crippen LogP contribution is 2.29. The molecule has 4 heterocycles. The SMILES string of the molecule is CC(=O)N1CCC[C@H]1CN1CC[C@H](Cc2nc(-n3nc(C(C)C)c4cccc(F)c43)no2)C1. The van der Waals surface area contributed by atoms with E-state index in [2.05, 4.69) is 20.1 Å². The summed E-state index contributed by atoms with van der Waals surface area (Å²) in [6.45, 7) is 9.51. The van der Waals surface area contributed by atoms with Crippen LogP contribution >= 0.6 is 0 Å². The Kier molecular flexibility index (Phi) is 5.90. The minimum Gasteiger partial charge on any atom is -0.339 e. The average Bonchev–Trinajstić information content (AvgIpc) is 3.54. The van der Waals surface area contributed by atoms with Crippen LogP contribution in [-0.4, -0.2) is 67.8 Å². The number of carbonyl (C=O) groups is 1. The quantitative estimate of drug-likeness (QED) is 0.567. The maximum Gasteiger partial charge on any atom is 0.291 e. The van der Waals surface area contributed by atoms with Crippen molar-refractivity contribution in [2.75, 3.05) is 26.2 Å². The fourth-order valence-corrected chi connectivity index (χ4v) is 5.37.